The molecule has 1 aromatic heterocycles. The third-order valence-corrected chi connectivity index (χ3v) is 2.33. The van der Waals surface area contributed by atoms with Crippen LogP contribution in [0.4, 0.5) is 10.7 Å². The van der Waals surface area contributed by atoms with Crippen LogP contribution in [0.15, 0.2) is 27.0 Å². The van der Waals surface area contributed by atoms with Crippen LogP contribution < -0.4 is 16.6 Å². The molecule has 1 heterocycles. The zero-order chi connectivity index (χ0) is 17.3. The van der Waals surface area contributed by atoms with E-state index in [2.05, 4.69) is 25.3 Å². The smallest absolute Gasteiger partial charge is 0.318 e. The molecule has 10 heteroatoms. The Labute approximate surface area is 131 Å². The van der Waals surface area contributed by atoms with E-state index in [0.717, 1.165) is 25.7 Å². The van der Waals surface area contributed by atoms with Crippen LogP contribution in [0.3, 0.4) is 0 Å². The predicted octanol–water partition coefficient (Wildman–Crippen LogP) is 0.479. The molecule has 0 aliphatic heterocycles. The highest BCUT2D eigenvalue weighted by atomic mass is 16.2. The number of unbranched alkanes of at least 4 members (excludes halogenated alkanes) is 3. The number of aromatic nitrogens is 2. The summed E-state index contributed by atoms with van der Waals surface area (Å²) in [5, 5.41) is 2.12. The van der Waals surface area contributed by atoms with Gasteiger partial charge >= 0.3 is 6.03 Å². The van der Waals surface area contributed by atoms with Crippen molar-refractivity contribution < 1.29 is 14.4 Å². The number of nitrogens with zero attached hydrogens (tertiary/aromatic N) is 3. The highest BCUT2D eigenvalue weighted by Crippen LogP contribution is 1.99. The van der Waals surface area contributed by atoms with Gasteiger partial charge in [0.05, 0.1) is 13.1 Å². The number of rotatable bonds is 8. The van der Waals surface area contributed by atoms with Crippen molar-refractivity contribution in [1.82, 2.24) is 9.97 Å². The van der Waals surface area contributed by atoms with E-state index in [1.54, 1.807) is 0 Å². The van der Waals surface area contributed by atoms with Gasteiger partial charge in [0.1, 0.15) is 0 Å². The van der Waals surface area contributed by atoms with Crippen LogP contribution in [0.25, 0.3) is 0 Å². The Morgan fingerprint density at radius 2 is 1.74 bits per heavy atom. The van der Waals surface area contributed by atoms with Gasteiger partial charge in [-0.15, -0.1) is 0 Å². The second-order valence-corrected chi connectivity index (χ2v) is 4.13. The molecular weight excluding hydrogens is 304 g/mol. The molecule has 0 spiro atoms. The first kappa shape index (κ1) is 19.9. The van der Waals surface area contributed by atoms with Gasteiger partial charge in [-0.2, -0.15) is 0 Å². The number of carbonyl (C=O) groups excluding carboxylic acids is 3. The molecule has 0 aliphatic carbocycles. The van der Waals surface area contributed by atoms with E-state index in [0.29, 0.717) is 13.1 Å². The minimum absolute atomic E-state index is 0.0463. The molecule has 0 aromatic carbocycles. The minimum atomic E-state index is -0.764. The number of hydrogen-bond donors (Lipinski definition) is 3. The zero-order valence-electron chi connectivity index (χ0n) is 12.4. The van der Waals surface area contributed by atoms with Gasteiger partial charge in [-0.1, -0.05) is 12.8 Å². The first-order chi connectivity index (χ1) is 11.1. The first-order valence-corrected chi connectivity index (χ1v) is 6.79. The Bertz CT molecular complexity index is 595. The van der Waals surface area contributed by atoms with Crippen molar-refractivity contribution in [3.63, 3.8) is 0 Å². The van der Waals surface area contributed by atoms with Crippen LogP contribution in [-0.2, 0) is 9.59 Å². The average molecular weight is 322 g/mol. The van der Waals surface area contributed by atoms with Crippen LogP contribution >= 0.6 is 0 Å². The number of primary amides is 1. The van der Waals surface area contributed by atoms with E-state index in [-0.39, 0.29) is 11.5 Å². The molecule has 0 fully saturated rings. The predicted molar refractivity (Wildman–Crippen MR) is 82.5 cm³/mol. The minimum Gasteiger partial charge on any atom is -0.351 e. The van der Waals surface area contributed by atoms with E-state index in [1.807, 2.05) is 0 Å². The van der Waals surface area contributed by atoms with Crippen LogP contribution in [-0.4, -0.2) is 41.2 Å². The number of aromatic amines is 1. The highest BCUT2D eigenvalue weighted by molar-refractivity contribution is 5.85. The standard InChI is InChI=1S/C8H12N2O2.C5H6N4O2/c11-7-9-5-3-1-2-4-6-10-8-12;6-4(11)9-5-7-2-1-3(10)8-5/h1-6H2;1-2H,(H4,6,7,8,9,10,11). The summed E-state index contributed by atoms with van der Waals surface area (Å²) in [5.74, 6) is 0.0463. The summed E-state index contributed by atoms with van der Waals surface area (Å²) in [6.07, 6.45) is 8.07. The fourth-order valence-corrected chi connectivity index (χ4v) is 1.38. The number of nitrogens with two attached hydrogens (primary N) is 1. The maximum absolute atomic E-state index is 10.6. The quantitative estimate of drug-likeness (QED) is 0.360. The lowest BCUT2D eigenvalue weighted by molar-refractivity contribution is 0.259. The van der Waals surface area contributed by atoms with Crippen LogP contribution in [0.2, 0.25) is 0 Å². The molecule has 0 saturated carbocycles. The van der Waals surface area contributed by atoms with Crippen molar-refractivity contribution in [1.29, 1.82) is 0 Å². The van der Waals surface area contributed by atoms with Gasteiger partial charge < -0.3 is 5.73 Å². The Hall–Kier alpha value is -3.09. The number of urea groups is 1. The lowest BCUT2D eigenvalue weighted by Gasteiger charge is -1.96. The zero-order valence-corrected chi connectivity index (χ0v) is 12.4. The van der Waals surface area contributed by atoms with Gasteiger partial charge in [-0.25, -0.2) is 29.4 Å². The number of nitrogens with one attached hydrogen (secondary N) is 2. The number of isocyanates is 2. The van der Waals surface area contributed by atoms with Crippen molar-refractivity contribution in [2.24, 2.45) is 15.7 Å². The lowest BCUT2D eigenvalue weighted by atomic mass is 10.2. The summed E-state index contributed by atoms with van der Waals surface area (Å²) in [5.41, 5.74) is 4.42. The molecule has 0 unspecified atom stereocenters. The fraction of sp³-hybridized carbons (Fsp3) is 0.462. The summed E-state index contributed by atoms with van der Waals surface area (Å²) in [7, 11) is 0. The van der Waals surface area contributed by atoms with Crippen molar-refractivity contribution in [3.05, 3.63) is 22.6 Å². The molecule has 10 nitrogen and oxygen atoms in total. The summed E-state index contributed by atoms with van der Waals surface area (Å²) >= 11 is 0. The topological polar surface area (TPSA) is 160 Å². The first-order valence-electron chi connectivity index (χ1n) is 6.79. The molecule has 1 rings (SSSR count). The number of amides is 2. The van der Waals surface area contributed by atoms with Gasteiger partial charge in [0, 0.05) is 12.3 Å². The lowest BCUT2D eigenvalue weighted by Crippen LogP contribution is -2.22. The van der Waals surface area contributed by atoms with Crippen LogP contribution in [0, 0.1) is 0 Å². The third kappa shape index (κ3) is 13.6. The van der Waals surface area contributed by atoms with E-state index in [9.17, 15) is 19.2 Å². The molecular formula is C13H18N6O4. The summed E-state index contributed by atoms with van der Waals surface area (Å²) in [6.45, 7) is 1.11. The molecule has 0 aliphatic rings. The molecule has 23 heavy (non-hydrogen) atoms. The maximum Gasteiger partial charge on any atom is 0.318 e. The molecule has 4 N–H and O–H groups in total. The molecule has 1 aromatic rings. The number of aliphatic imine (C=N–C) groups is 2. The second-order valence-electron chi connectivity index (χ2n) is 4.13. The van der Waals surface area contributed by atoms with Gasteiger partial charge in [0.15, 0.2) is 0 Å². The van der Waals surface area contributed by atoms with E-state index in [4.69, 9.17) is 5.73 Å². The molecule has 124 valence electrons. The summed E-state index contributed by atoms with van der Waals surface area (Å²) < 4.78 is 0. The number of H-pyrrole nitrogens is 1. The molecule has 0 radical (unpaired) electrons. The normalized spacial score (nSPS) is 8.70. The van der Waals surface area contributed by atoms with Crippen LogP contribution in [0.1, 0.15) is 25.7 Å². The maximum atomic E-state index is 10.6. The molecule has 0 atom stereocenters. The third-order valence-electron chi connectivity index (χ3n) is 2.33. The van der Waals surface area contributed by atoms with Crippen molar-refractivity contribution in [2.45, 2.75) is 25.7 Å². The van der Waals surface area contributed by atoms with Crippen molar-refractivity contribution in [2.75, 3.05) is 18.4 Å². The molecule has 0 bridgehead atoms. The van der Waals surface area contributed by atoms with Gasteiger partial charge in [-0.05, 0) is 12.8 Å². The summed E-state index contributed by atoms with van der Waals surface area (Å²) in [4.78, 5) is 52.8. The van der Waals surface area contributed by atoms with Crippen LogP contribution in [0.5, 0.6) is 0 Å². The Morgan fingerprint density at radius 1 is 1.17 bits per heavy atom. The van der Waals surface area contributed by atoms with Gasteiger partial charge in [-0.3, -0.25) is 15.1 Å². The average Bonchev–Trinajstić information content (AvgIpc) is 2.50. The molecule has 0 saturated heterocycles. The largest absolute Gasteiger partial charge is 0.351 e. The van der Waals surface area contributed by atoms with E-state index >= 15 is 0 Å². The Balaban J connectivity index is 0.000000422. The fourth-order valence-electron chi connectivity index (χ4n) is 1.38. The Morgan fingerprint density at radius 3 is 2.17 bits per heavy atom. The van der Waals surface area contributed by atoms with Crippen molar-refractivity contribution in [3.8, 4) is 0 Å². The van der Waals surface area contributed by atoms with Gasteiger partial charge in [0.25, 0.3) is 5.56 Å². The van der Waals surface area contributed by atoms with Gasteiger partial charge in [0.2, 0.25) is 18.1 Å². The summed E-state index contributed by atoms with van der Waals surface area (Å²) in [6, 6.07) is 0.464. The number of hydrogen-bond acceptors (Lipinski definition) is 7. The van der Waals surface area contributed by atoms with E-state index in [1.165, 1.54) is 24.4 Å². The number of carbonyl (C=O) groups is 1. The second kappa shape index (κ2) is 13.9. The Kier molecular flexibility index (Phi) is 12.0. The number of anilines is 1. The van der Waals surface area contributed by atoms with Crippen molar-refractivity contribution >= 4 is 24.1 Å². The monoisotopic (exact) mass is 322 g/mol. The van der Waals surface area contributed by atoms with E-state index < -0.39 is 6.03 Å². The SMILES string of the molecule is NC(=O)Nc1nccc(=O)[nH]1.O=C=NCCCCCCN=C=O. The highest BCUT2D eigenvalue weighted by Gasteiger charge is 1.95. The molecule has 2 amide bonds.